The van der Waals surface area contributed by atoms with Crippen LogP contribution in [0.15, 0.2) is 24.8 Å². The fourth-order valence-electron chi connectivity index (χ4n) is 8.18. The highest BCUT2D eigenvalue weighted by molar-refractivity contribution is 5.57. The number of hydrogen-bond acceptors (Lipinski definition) is 1. The van der Waals surface area contributed by atoms with Crippen LogP contribution in [0.4, 0.5) is 8.78 Å². The van der Waals surface area contributed by atoms with Crippen LogP contribution in [0, 0.1) is 34.0 Å². The summed E-state index contributed by atoms with van der Waals surface area (Å²) in [5.74, 6) is -1.05. The van der Waals surface area contributed by atoms with Crippen LogP contribution >= 0.6 is 0 Å². The van der Waals surface area contributed by atoms with Gasteiger partial charge >= 0.3 is 0 Å². The van der Waals surface area contributed by atoms with Crippen molar-refractivity contribution in [1.82, 2.24) is 9.55 Å². The number of hydrogen-bond donors (Lipinski definition) is 0. The molecule has 1 aromatic rings. The molecule has 0 saturated heterocycles. The van der Waals surface area contributed by atoms with Gasteiger partial charge in [0.1, 0.15) is 0 Å². The minimum atomic E-state index is -2.44. The number of alkyl halides is 2. The van der Waals surface area contributed by atoms with Gasteiger partial charge in [0, 0.05) is 36.3 Å². The fraction of sp³-hybridized carbons (Fsp3) is 0.783. The van der Waals surface area contributed by atoms with E-state index in [1.165, 1.54) is 18.5 Å². The maximum Gasteiger partial charge on any atom is 0.248 e. The molecule has 0 bridgehead atoms. The lowest BCUT2D eigenvalue weighted by molar-refractivity contribution is -0.189. The monoisotopic (exact) mass is 374 g/mol. The van der Waals surface area contributed by atoms with Crippen LogP contribution in [0.25, 0.3) is 5.70 Å². The van der Waals surface area contributed by atoms with Gasteiger partial charge in [-0.2, -0.15) is 0 Å². The minimum Gasteiger partial charge on any atom is -0.310 e. The highest BCUT2D eigenvalue weighted by atomic mass is 19.3. The van der Waals surface area contributed by atoms with Crippen molar-refractivity contribution in [3.05, 3.63) is 24.8 Å². The molecule has 27 heavy (non-hydrogen) atoms. The van der Waals surface area contributed by atoms with E-state index in [9.17, 15) is 8.78 Å². The molecular weight excluding hydrogens is 342 g/mol. The Morgan fingerprint density at radius 1 is 1.00 bits per heavy atom. The lowest BCUT2D eigenvalue weighted by Crippen LogP contribution is -2.59. The first kappa shape index (κ1) is 17.9. The summed E-state index contributed by atoms with van der Waals surface area (Å²) in [7, 11) is 0. The quantitative estimate of drug-likeness (QED) is 0.556. The third kappa shape index (κ3) is 2.31. The van der Waals surface area contributed by atoms with Gasteiger partial charge in [-0.05, 0) is 67.1 Å². The van der Waals surface area contributed by atoms with E-state index in [0.29, 0.717) is 18.3 Å². The molecule has 3 saturated carbocycles. The second-order valence-corrected chi connectivity index (χ2v) is 10.7. The molecule has 6 atom stereocenters. The highest BCUT2D eigenvalue weighted by Gasteiger charge is 2.65. The minimum absolute atomic E-state index is 0.0903. The maximum absolute atomic E-state index is 14.1. The molecule has 1 heterocycles. The fourth-order valence-corrected chi connectivity index (χ4v) is 8.18. The lowest BCUT2D eigenvalue weighted by Gasteiger charge is -2.65. The van der Waals surface area contributed by atoms with Gasteiger partial charge in [0.05, 0.1) is 6.33 Å². The van der Waals surface area contributed by atoms with E-state index in [4.69, 9.17) is 0 Å². The lowest BCUT2D eigenvalue weighted by atomic mass is 9.39. The predicted octanol–water partition coefficient (Wildman–Crippen LogP) is 6.40. The summed E-state index contributed by atoms with van der Waals surface area (Å²) in [6, 6.07) is 0. The predicted molar refractivity (Wildman–Crippen MR) is 103 cm³/mol. The molecule has 5 rings (SSSR count). The first-order chi connectivity index (χ1) is 12.7. The summed E-state index contributed by atoms with van der Waals surface area (Å²) in [5.41, 5.74) is 1.93. The number of fused-ring (bicyclic) bond motifs is 5. The normalized spacial score (nSPS) is 48.3. The molecule has 2 nitrogen and oxygen atoms in total. The summed E-state index contributed by atoms with van der Waals surface area (Å²) in [4.78, 5) is 4.26. The first-order valence-corrected chi connectivity index (χ1v) is 10.8. The van der Waals surface area contributed by atoms with Crippen molar-refractivity contribution < 1.29 is 8.78 Å². The van der Waals surface area contributed by atoms with Gasteiger partial charge in [-0.15, -0.1) is 0 Å². The molecule has 4 aliphatic rings. The van der Waals surface area contributed by atoms with Crippen molar-refractivity contribution >= 4 is 5.70 Å². The molecule has 0 spiro atoms. The van der Waals surface area contributed by atoms with E-state index >= 15 is 0 Å². The van der Waals surface area contributed by atoms with Gasteiger partial charge in [0.25, 0.3) is 0 Å². The second kappa shape index (κ2) is 5.45. The van der Waals surface area contributed by atoms with Gasteiger partial charge in [-0.25, -0.2) is 13.8 Å². The molecule has 3 fully saturated rings. The summed E-state index contributed by atoms with van der Waals surface area (Å²) >= 11 is 0. The molecule has 6 unspecified atom stereocenters. The van der Waals surface area contributed by atoms with E-state index in [1.54, 1.807) is 0 Å². The zero-order valence-corrected chi connectivity index (χ0v) is 16.8. The van der Waals surface area contributed by atoms with E-state index in [0.717, 1.165) is 19.3 Å². The third-order valence-corrected chi connectivity index (χ3v) is 9.56. The van der Waals surface area contributed by atoms with E-state index in [2.05, 4.69) is 42.6 Å². The van der Waals surface area contributed by atoms with Crippen LogP contribution in [0.2, 0.25) is 0 Å². The number of imidazole rings is 1. The van der Waals surface area contributed by atoms with Gasteiger partial charge in [0.2, 0.25) is 5.92 Å². The van der Waals surface area contributed by atoms with Crippen LogP contribution in [0.5, 0.6) is 0 Å². The zero-order chi connectivity index (χ0) is 19.1. The van der Waals surface area contributed by atoms with Crippen molar-refractivity contribution in [1.29, 1.82) is 0 Å². The number of halogens is 2. The smallest absolute Gasteiger partial charge is 0.248 e. The molecule has 0 amide bonds. The Labute approximate surface area is 161 Å². The average molecular weight is 375 g/mol. The average Bonchev–Trinajstić information content (AvgIpc) is 3.23. The number of nitrogens with zero attached hydrogens (tertiary/aromatic N) is 2. The van der Waals surface area contributed by atoms with Gasteiger partial charge in [-0.3, -0.25) is 0 Å². The van der Waals surface area contributed by atoms with Crippen molar-refractivity contribution in [3.8, 4) is 0 Å². The van der Waals surface area contributed by atoms with Crippen molar-refractivity contribution in [3.63, 3.8) is 0 Å². The Balaban J connectivity index is 1.49. The van der Waals surface area contributed by atoms with Gasteiger partial charge in [-0.1, -0.05) is 26.8 Å². The molecule has 0 radical (unpaired) electrons. The molecule has 0 aliphatic heterocycles. The summed E-state index contributed by atoms with van der Waals surface area (Å²) in [5, 5.41) is 0. The van der Waals surface area contributed by atoms with Crippen LogP contribution in [0.3, 0.4) is 0 Å². The zero-order valence-electron chi connectivity index (χ0n) is 16.8. The summed E-state index contributed by atoms with van der Waals surface area (Å²) < 4.78 is 30.5. The second-order valence-electron chi connectivity index (χ2n) is 10.7. The van der Waals surface area contributed by atoms with Crippen LogP contribution < -0.4 is 0 Å². The van der Waals surface area contributed by atoms with E-state index < -0.39 is 5.92 Å². The Hall–Kier alpha value is -1.19. The Bertz CT molecular complexity index is 769. The molecule has 4 aliphatic carbocycles. The van der Waals surface area contributed by atoms with Crippen LogP contribution in [0.1, 0.15) is 72.1 Å². The Kier molecular flexibility index (Phi) is 3.61. The van der Waals surface area contributed by atoms with Crippen molar-refractivity contribution in [2.45, 2.75) is 78.1 Å². The maximum atomic E-state index is 14.1. The van der Waals surface area contributed by atoms with E-state index in [-0.39, 0.29) is 35.0 Å². The molecule has 1 aromatic heterocycles. The number of allylic oxidation sites excluding steroid dienone is 2. The largest absolute Gasteiger partial charge is 0.310 e. The standard InChI is InChI=1S/C23H32F2N2/c1-20-10-11-23(24,25)14-16(20)6-8-21(2)17-4-5-19(27-13-12-26-15-27)22(17,3)9-7-18(20)21/h5,12-13,15-18H,4,6-11,14H2,1-3H3. The topological polar surface area (TPSA) is 17.8 Å². The van der Waals surface area contributed by atoms with Crippen molar-refractivity contribution in [2.24, 2.45) is 34.0 Å². The summed E-state index contributed by atoms with van der Waals surface area (Å²) in [6.07, 6.45) is 14.8. The molecular formula is C23H32F2N2. The number of rotatable bonds is 1. The molecule has 148 valence electrons. The Morgan fingerprint density at radius 2 is 1.81 bits per heavy atom. The third-order valence-electron chi connectivity index (χ3n) is 9.56. The summed E-state index contributed by atoms with van der Waals surface area (Å²) in [6.45, 7) is 7.30. The van der Waals surface area contributed by atoms with Crippen LogP contribution in [-0.2, 0) is 0 Å². The SMILES string of the molecule is CC12CCC3C4(C)CCC(F)(F)CC4CCC3(C)C1CC=C2n1ccnc1. The number of aromatic nitrogens is 2. The Morgan fingerprint density at radius 3 is 2.56 bits per heavy atom. The van der Waals surface area contributed by atoms with Gasteiger partial charge in [0.15, 0.2) is 0 Å². The molecule has 0 aromatic carbocycles. The first-order valence-electron chi connectivity index (χ1n) is 10.8. The van der Waals surface area contributed by atoms with Crippen LogP contribution in [-0.4, -0.2) is 15.5 Å². The van der Waals surface area contributed by atoms with Crippen molar-refractivity contribution in [2.75, 3.05) is 0 Å². The van der Waals surface area contributed by atoms with E-state index in [1.807, 2.05) is 12.5 Å². The molecule has 0 N–H and O–H groups in total. The highest BCUT2D eigenvalue weighted by Crippen LogP contribution is 2.72. The van der Waals surface area contributed by atoms with Gasteiger partial charge < -0.3 is 4.57 Å². The molecule has 4 heteroatoms.